The highest BCUT2D eigenvalue weighted by molar-refractivity contribution is 5.85. The van der Waals surface area contributed by atoms with E-state index in [0.29, 0.717) is 46.0 Å². The van der Waals surface area contributed by atoms with Gasteiger partial charge < -0.3 is 19.5 Å². The molecule has 2 aliphatic heterocycles. The molecule has 0 radical (unpaired) electrons. The van der Waals surface area contributed by atoms with Crippen molar-refractivity contribution in [3.05, 3.63) is 0 Å². The summed E-state index contributed by atoms with van der Waals surface area (Å²) in [5.74, 6) is 0.0566. The molecule has 2 saturated heterocycles. The van der Waals surface area contributed by atoms with E-state index in [0.717, 1.165) is 32.2 Å². The van der Waals surface area contributed by atoms with E-state index in [1.54, 1.807) is 0 Å². The molecule has 0 aromatic carbocycles. The van der Waals surface area contributed by atoms with E-state index in [-0.39, 0.29) is 5.91 Å². The number of rotatable bonds is 3. The number of aliphatic hydroxyl groups is 1. The fourth-order valence-electron chi connectivity index (χ4n) is 4.10. The second kappa shape index (κ2) is 7.05. The average Bonchev–Trinajstić information content (AvgIpc) is 2.55. The molecular weight excluding hydrogens is 296 g/mol. The first-order valence-corrected chi connectivity index (χ1v) is 8.97. The van der Waals surface area contributed by atoms with Crippen LogP contribution in [0.15, 0.2) is 0 Å². The third-order valence-corrected chi connectivity index (χ3v) is 5.41. The van der Waals surface area contributed by atoms with E-state index in [4.69, 9.17) is 9.47 Å². The van der Waals surface area contributed by atoms with Gasteiger partial charge in [-0.2, -0.15) is 0 Å². The van der Waals surface area contributed by atoms with Gasteiger partial charge in [0.1, 0.15) is 0 Å². The Morgan fingerprint density at radius 2 is 1.78 bits per heavy atom. The molecule has 6 nitrogen and oxygen atoms in total. The molecule has 1 amide bonds. The molecule has 3 rings (SSSR count). The lowest BCUT2D eigenvalue weighted by atomic mass is 9.84. The van der Waals surface area contributed by atoms with Crippen LogP contribution >= 0.6 is 0 Å². The summed E-state index contributed by atoms with van der Waals surface area (Å²) >= 11 is 0. The van der Waals surface area contributed by atoms with Crippen LogP contribution in [0.3, 0.4) is 0 Å². The molecule has 3 aliphatic rings. The summed E-state index contributed by atoms with van der Waals surface area (Å²) in [6.45, 7) is 6.92. The number of carbonyl (C=O) groups is 1. The quantitative estimate of drug-likeness (QED) is 0.824. The maximum atomic E-state index is 12.8. The van der Waals surface area contributed by atoms with Crippen LogP contribution < -0.4 is 0 Å². The minimum Gasteiger partial charge on any atom is -0.389 e. The van der Waals surface area contributed by atoms with Crippen molar-refractivity contribution in [2.24, 2.45) is 0 Å². The van der Waals surface area contributed by atoms with E-state index in [2.05, 4.69) is 4.90 Å². The Morgan fingerprint density at radius 1 is 1.09 bits per heavy atom. The minimum atomic E-state index is -0.805. The normalized spacial score (nSPS) is 32.7. The van der Waals surface area contributed by atoms with Gasteiger partial charge >= 0.3 is 0 Å². The maximum Gasteiger partial charge on any atom is 0.256 e. The predicted octanol–water partition coefficient (Wildman–Crippen LogP) is 0.631. The summed E-state index contributed by atoms with van der Waals surface area (Å²) < 4.78 is 11.2. The van der Waals surface area contributed by atoms with Crippen LogP contribution in [-0.2, 0) is 14.3 Å². The molecule has 132 valence electrons. The van der Waals surface area contributed by atoms with Crippen molar-refractivity contribution in [3.63, 3.8) is 0 Å². The van der Waals surface area contributed by atoms with E-state index >= 15 is 0 Å². The van der Waals surface area contributed by atoms with Gasteiger partial charge in [0.15, 0.2) is 5.60 Å². The maximum absolute atomic E-state index is 12.8. The smallest absolute Gasteiger partial charge is 0.256 e. The van der Waals surface area contributed by atoms with Gasteiger partial charge in [0.2, 0.25) is 0 Å². The molecule has 0 aromatic rings. The van der Waals surface area contributed by atoms with Crippen LogP contribution in [0.4, 0.5) is 0 Å². The number of ether oxygens (including phenoxy) is 2. The molecule has 0 spiro atoms. The molecule has 2 heterocycles. The molecule has 1 N–H and O–H groups in total. The number of amides is 1. The van der Waals surface area contributed by atoms with Crippen molar-refractivity contribution in [2.75, 3.05) is 52.5 Å². The number of nitrogens with zero attached hydrogens (tertiary/aromatic N) is 2. The average molecular weight is 326 g/mol. The molecule has 1 unspecified atom stereocenters. The first-order valence-electron chi connectivity index (χ1n) is 8.97. The zero-order chi connectivity index (χ0) is 16.3. The summed E-state index contributed by atoms with van der Waals surface area (Å²) in [5, 5.41) is 10.8. The van der Waals surface area contributed by atoms with Crippen molar-refractivity contribution in [3.8, 4) is 0 Å². The topological polar surface area (TPSA) is 62.2 Å². The van der Waals surface area contributed by atoms with E-state index in [1.165, 1.54) is 6.42 Å². The SMILES string of the molecule is CC1(C(=O)N2CCOCC2)CN(CC2(O)CCCCC2)CCO1. The van der Waals surface area contributed by atoms with Crippen LogP contribution in [0.25, 0.3) is 0 Å². The molecule has 0 aromatic heterocycles. The molecule has 1 aliphatic carbocycles. The monoisotopic (exact) mass is 326 g/mol. The van der Waals surface area contributed by atoms with Gasteiger partial charge in [0.05, 0.1) is 25.4 Å². The fraction of sp³-hybridized carbons (Fsp3) is 0.941. The number of hydrogen-bond donors (Lipinski definition) is 1. The second-order valence-electron chi connectivity index (χ2n) is 7.48. The first-order chi connectivity index (χ1) is 11.0. The van der Waals surface area contributed by atoms with E-state index < -0.39 is 11.2 Å². The Balaban J connectivity index is 1.61. The van der Waals surface area contributed by atoms with Crippen LogP contribution in [0, 0.1) is 0 Å². The van der Waals surface area contributed by atoms with Crippen LogP contribution in [0.2, 0.25) is 0 Å². The lowest BCUT2D eigenvalue weighted by Crippen LogP contribution is -2.62. The van der Waals surface area contributed by atoms with Gasteiger partial charge in [0.25, 0.3) is 5.91 Å². The van der Waals surface area contributed by atoms with Crippen LogP contribution in [0.5, 0.6) is 0 Å². The summed E-state index contributed by atoms with van der Waals surface area (Å²) in [6.07, 6.45) is 5.17. The molecule has 23 heavy (non-hydrogen) atoms. The molecule has 0 bridgehead atoms. The molecule has 6 heteroatoms. The van der Waals surface area contributed by atoms with Gasteiger partial charge in [-0.15, -0.1) is 0 Å². The standard InChI is InChI=1S/C17H30N2O4/c1-16(15(20)19-8-10-22-11-9-19)13-18(7-12-23-16)14-17(21)5-3-2-4-6-17/h21H,2-14H2,1H3. The highest BCUT2D eigenvalue weighted by Crippen LogP contribution is 2.30. The van der Waals surface area contributed by atoms with Crippen molar-refractivity contribution in [1.82, 2.24) is 9.80 Å². The summed E-state index contributed by atoms with van der Waals surface area (Å²) in [7, 11) is 0. The zero-order valence-electron chi connectivity index (χ0n) is 14.3. The van der Waals surface area contributed by atoms with Crippen molar-refractivity contribution < 1.29 is 19.4 Å². The van der Waals surface area contributed by atoms with E-state index in [1.807, 2.05) is 11.8 Å². The fourth-order valence-corrected chi connectivity index (χ4v) is 4.10. The minimum absolute atomic E-state index is 0.0566. The Kier molecular flexibility index (Phi) is 5.26. The van der Waals surface area contributed by atoms with E-state index in [9.17, 15) is 9.90 Å². The Morgan fingerprint density at radius 3 is 2.48 bits per heavy atom. The summed E-state index contributed by atoms with van der Waals surface area (Å²) in [4.78, 5) is 16.9. The first kappa shape index (κ1) is 17.1. The largest absolute Gasteiger partial charge is 0.389 e. The molecule has 1 atom stereocenters. The third kappa shape index (κ3) is 4.05. The third-order valence-electron chi connectivity index (χ3n) is 5.41. The predicted molar refractivity (Wildman–Crippen MR) is 86.2 cm³/mol. The number of carbonyl (C=O) groups excluding carboxylic acids is 1. The van der Waals surface area contributed by atoms with Gasteiger partial charge in [-0.3, -0.25) is 9.69 Å². The Bertz CT molecular complexity index is 419. The Hall–Kier alpha value is -0.690. The summed E-state index contributed by atoms with van der Waals surface area (Å²) in [5.41, 5.74) is -1.39. The van der Waals surface area contributed by atoms with Crippen molar-refractivity contribution >= 4 is 5.91 Å². The van der Waals surface area contributed by atoms with Gasteiger partial charge in [-0.25, -0.2) is 0 Å². The zero-order valence-corrected chi connectivity index (χ0v) is 14.3. The molecule has 3 fully saturated rings. The lowest BCUT2D eigenvalue weighted by Gasteiger charge is -2.45. The van der Waals surface area contributed by atoms with Crippen molar-refractivity contribution in [1.29, 1.82) is 0 Å². The highest BCUT2D eigenvalue weighted by atomic mass is 16.5. The molecule has 1 saturated carbocycles. The lowest BCUT2D eigenvalue weighted by molar-refractivity contribution is -0.174. The number of morpholine rings is 2. The number of hydrogen-bond acceptors (Lipinski definition) is 5. The summed E-state index contributed by atoms with van der Waals surface area (Å²) in [6, 6.07) is 0. The highest BCUT2D eigenvalue weighted by Gasteiger charge is 2.44. The van der Waals surface area contributed by atoms with Crippen molar-refractivity contribution in [2.45, 2.75) is 50.2 Å². The van der Waals surface area contributed by atoms with Gasteiger partial charge in [0, 0.05) is 32.7 Å². The second-order valence-corrected chi connectivity index (χ2v) is 7.48. The Labute approximate surface area is 138 Å². The van der Waals surface area contributed by atoms with Gasteiger partial charge in [-0.1, -0.05) is 19.3 Å². The molecular formula is C17H30N2O4. The van der Waals surface area contributed by atoms with Crippen LogP contribution in [0.1, 0.15) is 39.0 Å². The van der Waals surface area contributed by atoms with Crippen LogP contribution in [-0.4, -0.2) is 84.6 Å². The van der Waals surface area contributed by atoms with Gasteiger partial charge in [-0.05, 0) is 19.8 Å². The number of β-amino-alcohol motifs (C(OH)–C–C–N with tert-alkyl or cyclic N) is 1.